The minimum atomic E-state index is -0.0610. The summed E-state index contributed by atoms with van der Waals surface area (Å²) >= 11 is 3.22. The first-order chi connectivity index (χ1) is 10.1. The number of nitrogens with zero attached hydrogens (tertiary/aromatic N) is 2. The van der Waals surface area contributed by atoms with Gasteiger partial charge in [0.2, 0.25) is 5.91 Å². The summed E-state index contributed by atoms with van der Waals surface area (Å²) in [5.74, 6) is 0.585. The van der Waals surface area contributed by atoms with Crippen molar-refractivity contribution in [3.8, 4) is 0 Å². The number of carbonyl (C=O) groups is 2. The van der Waals surface area contributed by atoms with Crippen LogP contribution in [0, 0.1) is 0 Å². The van der Waals surface area contributed by atoms with Crippen LogP contribution in [0.4, 0.5) is 0 Å². The fourth-order valence-corrected chi connectivity index (χ4v) is 3.54. The van der Waals surface area contributed by atoms with E-state index in [4.69, 9.17) is 4.42 Å². The third-order valence-electron chi connectivity index (χ3n) is 4.32. The predicted octanol–water partition coefficient (Wildman–Crippen LogP) is 2.66. The molecule has 2 aliphatic rings. The molecule has 2 saturated heterocycles. The highest BCUT2D eigenvalue weighted by Crippen LogP contribution is 2.23. The van der Waals surface area contributed by atoms with Gasteiger partial charge >= 0.3 is 0 Å². The van der Waals surface area contributed by atoms with Crippen molar-refractivity contribution in [2.75, 3.05) is 19.6 Å². The van der Waals surface area contributed by atoms with Gasteiger partial charge in [0.25, 0.3) is 5.91 Å². The lowest BCUT2D eigenvalue weighted by atomic mass is 10.1. The zero-order valence-corrected chi connectivity index (χ0v) is 13.5. The Morgan fingerprint density at radius 3 is 2.71 bits per heavy atom. The van der Waals surface area contributed by atoms with Crippen LogP contribution in [0.5, 0.6) is 0 Å². The monoisotopic (exact) mass is 354 g/mol. The molecule has 0 saturated carbocycles. The Kier molecular flexibility index (Phi) is 4.33. The van der Waals surface area contributed by atoms with Gasteiger partial charge in [0.1, 0.15) is 0 Å². The highest BCUT2D eigenvalue weighted by molar-refractivity contribution is 9.10. The standard InChI is InChI=1S/C15H19BrN2O3/c16-13-6-5-12(21-13)15(20)17-8-1-3-11(7-10-17)18-9-2-4-14(18)19/h5-6,11H,1-4,7-10H2. The second-order valence-electron chi connectivity index (χ2n) is 5.67. The smallest absolute Gasteiger partial charge is 0.289 e. The first-order valence-corrected chi connectivity index (χ1v) is 8.28. The van der Waals surface area contributed by atoms with Crippen molar-refractivity contribution in [1.82, 2.24) is 9.80 Å². The van der Waals surface area contributed by atoms with Gasteiger partial charge in [-0.05, 0) is 53.7 Å². The number of halogens is 1. The van der Waals surface area contributed by atoms with Crippen molar-refractivity contribution >= 4 is 27.7 Å². The van der Waals surface area contributed by atoms with Crippen LogP contribution in [-0.4, -0.2) is 47.3 Å². The molecule has 0 spiro atoms. The topological polar surface area (TPSA) is 53.8 Å². The van der Waals surface area contributed by atoms with Crippen molar-refractivity contribution < 1.29 is 14.0 Å². The lowest BCUT2D eigenvalue weighted by molar-refractivity contribution is -0.129. The molecule has 1 aromatic heterocycles. The zero-order valence-electron chi connectivity index (χ0n) is 11.9. The van der Waals surface area contributed by atoms with Crippen LogP contribution in [0.25, 0.3) is 0 Å². The summed E-state index contributed by atoms with van der Waals surface area (Å²) in [5, 5.41) is 0. The maximum absolute atomic E-state index is 12.4. The van der Waals surface area contributed by atoms with Gasteiger partial charge in [0, 0.05) is 32.1 Å². The minimum Gasteiger partial charge on any atom is -0.444 e. The van der Waals surface area contributed by atoms with Crippen LogP contribution in [-0.2, 0) is 4.79 Å². The van der Waals surface area contributed by atoms with Crippen LogP contribution in [0.3, 0.4) is 0 Å². The average Bonchev–Trinajstić information content (AvgIpc) is 3.00. The highest BCUT2D eigenvalue weighted by atomic mass is 79.9. The quantitative estimate of drug-likeness (QED) is 0.820. The lowest BCUT2D eigenvalue weighted by Crippen LogP contribution is -2.37. The van der Waals surface area contributed by atoms with E-state index in [9.17, 15) is 9.59 Å². The predicted molar refractivity (Wildman–Crippen MR) is 80.9 cm³/mol. The number of hydrogen-bond acceptors (Lipinski definition) is 3. The van der Waals surface area contributed by atoms with Gasteiger partial charge in [-0.3, -0.25) is 9.59 Å². The Labute approximate surface area is 132 Å². The average molecular weight is 355 g/mol. The number of hydrogen-bond donors (Lipinski definition) is 0. The third kappa shape index (κ3) is 3.15. The molecule has 6 heteroatoms. The molecule has 1 unspecified atom stereocenters. The van der Waals surface area contributed by atoms with Gasteiger partial charge in [-0.2, -0.15) is 0 Å². The second kappa shape index (κ2) is 6.22. The normalized spacial score (nSPS) is 23.5. The van der Waals surface area contributed by atoms with E-state index in [1.165, 1.54) is 0 Å². The molecule has 0 aliphatic carbocycles. The van der Waals surface area contributed by atoms with E-state index < -0.39 is 0 Å². The lowest BCUT2D eigenvalue weighted by Gasteiger charge is -2.26. The van der Waals surface area contributed by atoms with Gasteiger partial charge in [0.15, 0.2) is 10.4 Å². The van der Waals surface area contributed by atoms with E-state index in [1.807, 2.05) is 9.80 Å². The van der Waals surface area contributed by atoms with Gasteiger partial charge in [-0.25, -0.2) is 0 Å². The molecule has 2 fully saturated rings. The third-order valence-corrected chi connectivity index (χ3v) is 4.75. The molecule has 0 bridgehead atoms. The maximum Gasteiger partial charge on any atom is 0.289 e. The van der Waals surface area contributed by atoms with Crippen LogP contribution < -0.4 is 0 Å². The summed E-state index contributed by atoms with van der Waals surface area (Å²) in [4.78, 5) is 28.1. The molecular formula is C15H19BrN2O3. The van der Waals surface area contributed by atoms with E-state index in [0.717, 1.165) is 38.8 Å². The zero-order chi connectivity index (χ0) is 14.8. The molecular weight excluding hydrogens is 336 g/mol. The van der Waals surface area contributed by atoms with Crippen molar-refractivity contribution in [2.45, 2.75) is 38.1 Å². The van der Waals surface area contributed by atoms with Crippen molar-refractivity contribution in [2.24, 2.45) is 0 Å². The van der Waals surface area contributed by atoms with Crippen molar-refractivity contribution in [3.63, 3.8) is 0 Å². The van der Waals surface area contributed by atoms with Crippen molar-refractivity contribution in [1.29, 1.82) is 0 Å². The summed E-state index contributed by atoms with van der Waals surface area (Å²) in [5.41, 5.74) is 0. The fraction of sp³-hybridized carbons (Fsp3) is 0.600. The van der Waals surface area contributed by atoms with Crippen LogP contribution in [0.2, 0.25) is 0 Å². The van der Waals surface area contributed by atoms with Crippen LogP contribution in [0.1, 0.15) is 42.7 Å². The second-order valence-corrected chi connectivity index (χ2v) is 6.45. The number of rotatable bonds is 2. The molecule has 1 aromatic rings. The molecule has 114 valence electrons. The summed E-state index contributed by atoms with van der Waals surface area (Å²) < 4.78 is 5.91. The minimum absolute atomic E-state index is 0.0610. The van der Waals surface area contributed by atoms with E-state index >= 15 is 0 Å². The van der Waals surface area contributed by atoms with E-state index in [1.54, 1.807) is 12.1 Å². The first kappa shape index (κ1) is 14.6. The molecule has 3 heterocycles. The van der Waals surface area contributed by atoms with E-state index in [-0.39, 0.29) is 11.8 Å². The number of amides is 2. The molecule has 21 heavy (non-hydrogen) atoms. The highest BCUT2D eigenvalue weighted by Gasteiger charge is 2.30. The Morgan fingerprint density at radius 2 is 2.05 bits per heavy atom. The summed E-state index contributed by atoms with van der Waals surface area (Å²) in [6, 6.07) is 3.72. The Morgan fingerprint density at radius 1 is 1.19 bits per heavy atom. The molecule has 1 atom stereocenters. The summed E-state index contributed by atoms with van der Waals surface area (Å²) in [6.45, 7) is 2.30. The Balaban J connectivity index is 1.63. The van der Waals surface area contributed by atoms with Gasteiger partial charge < -0.3 is 14.2 Å². The molecule has 2 aliphatic heterocycles. The molecule has 0 N–H and O–H groups in total. The molecule has 0 aromatic carbocycles. The van der Waals surface area contributed by atoms with Crippen molar-refractivity contribution in [3.05, 3.63) is 22.6 Å². The van der Waals surface area contributed by atoms with Crippen LogP contribution in [0.15, 0.2) is 21.2 Å². The van der Waals surface area contributed by atoms with Crippen LogP contribution >= 0.6 is 15.9 Å². The Bertz CT molecular complexity index is 543. The summed E-state index contributed by atoms with van der Waals surface area (Å²) in [6.07, 6.45) is 4.43. The molecule has 0 radical (unpaired) electrons. The largest absolute Gasteiger partial charge is 0.444 e. The molecule has 3 rings (SSSR count). The van der Waals surface area contributed by atoms with Gasteiger partial charge in [-0.1, -0.05) is 0 Å². The van der Waals surface area contributed by atoms with Gasteiger partial charge in [-0.15, -0.1) is 0 Å². The number of likely N-dealkylation sites (tertiary alicyclic amines) is 2. The van der Waals surface area contributed by atoms with E-state index in [0.29, 0.717) is 29.4 Å². The SMILES string of the molecule is O=C(c1ccc(Br)o1)N1CCCC(N2CCCC2=O)CC1. The maximum atomic E-state index is 12.4. The Hall–Kier alpha value is -1.30. The first-order valence-electron chi connectivity index (χ1n) is 7.49. The fourth-order valence-electron chi connectivity index (χ4n) is 3.23. The van der Waals surface area contributed by atoms with Gasteiger partial charge in [0.05, 0.1) is 0 Å². The summed E-state index contributed by atoms with van der Waals surface area (Å²) in [7, 11) is 0. The molecule has 5 nitrogen and oxygen atoms in total. The molecule has 2 amide bonds. The number of carbonyl (C=O) groups excluding carboxylic acids is 2. The number of furan rings is 1. The van der Waals surface area contributed by atoms with E-state index in [2.05, 4.69) is 15.9 Å².